The molecule has 9 heteroatoms. The average molecular weight is 433 g/mol. The molecule has 2 aromatic heterocycles. The van der Waals surface area contributed by atoms with Gasteiger partial charge in [0, 0.05) is 10.9 Å². The summed E-state index contributed by atoms with van der Waals surface area (Å²) in [6.07, 6.45) is 3.19. The smallest absolute Gasteiger partial charge is 0.257 e. The number of carbonyl (C=O) groups is 2. The van der Waals surface area contributed by atoms with E-state index in [1.165, 1.54) is 17.7 Å². The quantitative estimate of drug-likeness (QED) is 0.446. The van der Waals surface area contributed by atoms with Crippen molar-refractivity contribution in [1.82, 2.24) is 25.1 Å². The third kappa shape index (κ3) is 5.61. The molecule has 1 unspecified atom stereocenters. The van der Waals surface area contributed by atoms with Gasteiger partial charge in [-0.2, -0.15) is 5.10 Å². The summed E-state index contributed by atoms with van der Waals surface area (Å²) in [5, 5.41) is 12.2. The summed E-state index contributed by atoms with van der Waals surface area (Å²) in [7, 11) is 0. The Labute approximate surface area is 183 Å². The van der Waals surface area contributed by atoms with E-state index in [1.54, 1.807) is 40.7 Å². The summed E-state index contributed by atoms with van der Waals surface area (Å²) in [5.41, 5.74) is 2.12. The van der Waals surface area contributed by atoms with E-state index in [9.17, 15) is 9.59 Å². The van der Waals surface area contributed by atoms with Crippen molar-refractivity contribution < 1.29 is 9.59 Å². The van der Waals surface area contributed by atoms with Gasteiger partial charge in [0.15, 0.2) is 5.13 Å². The standard InChI is InChI=1S/C22H20N6O2S/c29-20(26-19(12-28-15-23-14-24-28)16-7-3-1-4-8-16)11-18-13-31-22(25-18)27-21(30)17-9-5-2-6-10-17/h1-10,13-15,19H,11-12H2,(H,26,29)(H,25,27,30). The van der Waals surface area contributed by atoms with E-state index in [2.05, 4.69) is 25.7 Å². The molecule has 0 aliphatic rings. The first-order chi connectivity index (χ1) is 15.2. The topological polar surface area (TPSA) is 102 Å². The third-order valence-corrected chi connectivity index (χ3v) is 5.33. The second-order valence-corrected chi connectivity index (χ2v) is 7.65. The van der Waals surface area contributed by atoms with Crippen molar-refractivity contribution in [2.75, 3.05) is 5.32 Å². The van der Waals surface area contributed by atoms with Gasteiger partial charge >= 0.3 is 0 Å². The number of aromatic nitrogens is 4. The van der Waals surface area contributed by atoms with Crippen molar-refractivity contribution in [3.05, 3.63) is 95.5 Å². The Morgan fingerprint density at radius 2 is 1.77 bits per heavy atom. The number of nitrogens with one attached hydrogen (secondary N) is 2. The maximum absolute atomic E-state index is 12.7. The molecular formula is C22H20N6O2S. The van der Waals surface area contributed by atoms with Crippen LogP contribution in [0.4, 0.5) is 5.13 Å². The number of benzene rings is 2. The minimum Gasteiger partial charge on any atom is -0.347 e. The fourth-order valence-corrected chi connectivity index (χ4v) is 3.75. The van der Waals surface area contributed by atoms with Crippen LogP contribution in [0.2, 0.25) is 0 Å². The highest BCUT2D eigenvalue weighted by Crippen LogP contribution is 2.18. The number of amides is 2. The average Bonchev–Trinajstić information content (AvgIpc) is 3.46. The summed E-state index contributed by atoms with van der Waals surface area (Å²) in [4.78, 5) is 33.3. The summed E-state index contributed by atoms with van der Waals surface area (Å²) in [6, 6.07) is 18.4. The number of hydrogen-bond acceptors (Lipinski definition) is 6. The van der Waals surface area contributed by atoms with Gasteiger partial charge in [0.2, 0.25) is 5.91 Å². The molecule has 0 spiro atoms. The van der Waals surface area contributed by atoms with Crippen molar-refractivity contribution in [2.24, 2.45) is 0 Å². The fourth-order valence-electron chi connectivity index (χ4n) is 3.05. The zero-order valence-electron chi connectivity index (χ0n) is 16.5. The van der Waals surface area contributed by atoms with Crippen LogP contribution in [0.1, 0.15) is 27.7 Å². The molecule has 2 amide bonds. The molecule has 0 radical (unpaired) electrons. The lowest BCUT2D eigenvalue weighted by atomic mass is 10.1. The van der Waals surface area contributed by atoms with Crippen LogP contribution in [0.3, 0.4) is 0 Å². The first-order valence-electron chi connectivity index (χ1n) is 9.65. The van der Waals surface area contributed by atoms with Gasteiger partial charge in [-0.15, -0.1) is 11.3 Å². The third-order valence-electron chi connectivity index (χ3n) is 4.52. The summed E-state index contributed by atoms with van der Waals surface area (Å²) in [6.45, 7) is 0.463. The highest BCUT2D eigenvalue weighted by Gasteiger charge is 2.17. The summed E-state index contributed by atoms with van der Waals surface area (Å²) in [5.74, 6) is -0.400. The summed E-state index contributed by atoms with van der Waals surface area (Å²) < 4.78 is 1.68. The number of anilines is 1. The minimum absolute atomic E-state index is 0.110. The molecule has 1 atom stereocenters. The normalized spacial score (nSPS) is 11.6. The predicted octanol–water partition coefficient (Wildman–Crippen LogP) is 3.09. The Kier molecular flexibility index (Phi) is 6.44. The van der Waals surface area contributed by atoms with E-state index < -0.39 is 0 Å². The lowest BCUT2D eigenvalue weighted by molar-refractivity contribution is -0.121. The molecule has 4 rings (SSSR count). The van der Waals surface area contributed by atoms with Crippen molar-refractivity contribution in [3.63, 3.8) is 0 Å². The van der Waals surface area contributed by atoms with Crippen molar-refractivity contribution in [3.8, 4) is 0 Å². The molecule has 31 heavy (non-hydrogen) atoms. The molecule has 2 N–H and O–H groups in total. The largest absolute Gasteiger partial charge is 0.347 e. The van der Waals surface area contributed by atoms with Crippen molar-refractivity contribution in [1.29, 1.82) is 0 Å². The Hall–Kier alpha value is -3.85. The van der Waals surface area contributed by atoms with Gasteiger partial charge in [-0.05, 0) is 17.7 Å². The van der Waals surface area contributed by atoms with E-state index >= 15 is 0 Å². The molecule has 2 heterocycles. The highest BCUT2D eigenvalue weighted by molar-refractivity contribution is 7.14. The van der Waals surface area contributed by atoms with Crippen LogP contribution in [-0.2, 0) is 17.8 Å². The maximum atomic E-state index is 12.7. The first kappa shape index (κ1) is 20.4. The molecule has 0 aliphatic heterocycles. The molecule has 0 saturated carbocycles. The van der Waals surface area contributed by atoms with Gasteiger partial charge in [0.05, 0.1) is 24.7 Å². The van der Waals surface area contributed by atoms with Gasteiger partial charge in [-0.1, -0.05) is 48.5 Å². The van der Waals surface area contributed by atoms with Crippen molar-refractivity contribution in [2.45, 2.75) is 19.0 Å². The van der Waals surface area contributed by atoms with Crippen LogP contribution < -0.4 is 10.6 Å². The monoisotopic (exact) mass is 432 g/mol. The highest BCUT2D eigenvalue weighted by atomic mass is 32.1. The minimum atomic E-state index is -0.258. The number of thiazole rings is 1. The fraction of sp³-hybridized carbons (Fsp3) is 0.136. The van der Waals surface area contributed by atoms with Gasteiger partial charge < -0.3 is 5.32 Å². The van der Waals surface area contributed by atoms with E-state index in [0.29, 0.717) is 22.9 Å². The zero-order valence-corrected chi connectivity index (χ0v) is 17.3. The van der Waals surface area contributed by atoms with Gasteiger partial charge in [0.25, 0.3) is 5.91 Å². The lowest BCUT2D eigenvalue weighted by Gasteiger charge is -2.19. The van der Waals surface area contributed by atoms with E-state index in [4.69, 9.17) is 0 Å². The van der Waals surface area contributed by atoms with E-state index in [0.717, 1.165) is 5.56 Å². The molecule has 0 aliphatic carbocycles. The second kappa shape index (κ2) is 9.77. The number of carbonyl (C=O) groups excluding carboxylic acids is 2. The van der Waals surface area contributed by atoms with Crippen LogP contribution in [0.25, 0.3) is 0 Å². The van der Waals surface area contributed by atoms with Gasteiger partial charge in [-0.3, -0.25) is 19.6 Å². The molecule has 0 fully saturated rings. The Morgan fingerprint density at radius 3 is 2.48 bits per heavy atom. The molecule has 8 nitrogen and oxygen atoms in total. The molecule has 4 aromatic rings. The van der Waals surface area contributed by atoms with Crippen LogP contribution in [0, 0.1) is 0 Å². The van der Waals surface area contributed by atoms with Crippen molar-refractivity contribution >= 4 is 28.3 Å². The SMILES string of the molecule is O=C(Cc1csc(NC(=O)c2ccccc2)n1)NC(Cn1cncn1)c1ccccc1. The van der Waals surface area contributed by atoms with Crippen LogP contribution in [0.5, 0.6) is 0 Å². The van der Waals surface area contributed by atoms with Crippen LogP contribution in [-0.4, -0.2) is 31.6 Å². The second-order valence-electron chi connectivity index (χ2n) is 6.79. The molecular weight excluding hydrogens is 412 g/mol. The molecule has 0 bridgehead atoms. The molecule has 2 aromatic carbocycles. The van der Waals surface area contributed by atoms with Gasteiger partial charge in [0.1, 0.15) is 12.7 Å². The number of rotatable bonds is 8. The first-order valence-corrected chi connectivity index (χ1v) is 10.5. The maximum Gasteiger partial charge on any atom is 0.257 e. The summed E-state index contributed by atoms with van der Waals surface area (Å²) >= 11 is 1.29. The van der Waals surface area contributed by atoms with E-state index in [1.807, 2.05) is 36.4 Å². The number of hydrogen-bond donors (Lipinski definition) is 2. The Morgan fingerprint density at radius 1 is 1.03 bits per heavy atom. The van der Waals surface area contributed by atoms with Crippen LogP contribution >= 0.6 is 11.3 Å². The van der Waals surface area contributed by atoms with Gasteiger partial charge in [-0.25, -0.2) is 9.97 Å². The van der Waals surface area contributed by atoms with Crippen LogP contribution in [0.15, 0.2) is 78.7 Å². The predicted molar refractivity (Wildman–Crippen MR) is 118 cm³/mol. The zero-order chi connectivity index (χ0) is 21.5. The van der Waals surface area contributed by atoms with E-state index in [-0.39, 0.29) is 24.3 Å². The Bertz CT molecular complexity index is 1130. The molecule has 0 saturated heterocycles. The number of nitrogens with zero attached hydrogens (tertiary/aromatic N) is 4. The Balaban J connectivity index is 1.38. The molecule has 156 valence electrons. The lowest BCUT2D eigenvalue weighted by Crippen LogP contribution is -2.32.